The van der Waals surface area contributed by atoms with Gasteiger partial charge in [0.1, 0.15) is 0 Å². The summed E-state index contributed by atoms with van der Waals surface area (Å²) in [7, 11) is 0. The highest BCUT2D eigenvalue weighted by molar-refractivity contribution is 5.94. The monoisotopic (exact) mass is 386 g/mol. The van der Waals surface area contributed by atoms with Crippen molar-refractivity contribution in [3.05, 3.63) is 77.9 Å². The first-order chi connectivity index (χ1) is 14.1. The smallest absolute Gasteiger partial charge is 0.251 e. The second-order valence-electron chi connectivity index (χ2n) is 6.73. The first kappa shape index (κ1) is 18.6. The Labute approximate surface area is 168 Å². The molecule has 0 aliphatic rings. The summed E-state index contributed by atoms with van der Waals surface area (Å²) in [5, 5.41) is 10.6. The Balaban J connectivity index is 1.58. The van der Waals surface area contributed by atoms with E-state index in [4.69, 9.17) is 5.73 Å². The van der Waals surface area contributed by atoms with Crippen molar-refractivity contribution in [1.82, 2.24) is 19.9 Å². The standard InChI is InChI=1S/C22H22N6O/c1-15-4-2-5-17(14-15)19-6-3-7-20-26-22(27-28(19)20)25-18-10-8-16(9-11-18)21(29)24-13-12-23/h2-11,14H,12-13,23H2,1H3,(H,24,29)(H,25,27). The number of carbonyl (C=O) groups is 1. The van der Waals surface area contributed by atoms with E-state index >= 15 is 0 Å². The first-order valence-corrected chi connectivity index (χ1v) is 9.42. The minimum atomic E-state index is -0.143. The molecular weight excluding hydrogens is 364 g/mol. The zero-order chi connectivity index (χ0) is 20.2. The van der Waals surface area contributed by atoms with Gasteiger partial charge in [-0.25, -0.2) is 4.52 Å². The molecular formula is C22H22N6O. The molecule has 7 heteroatoms. The van der Waals surface area contributed by atoms with Gasteiger partial charge in [0.2, 0.25) is 5.95 Å². The molecule has 7 nitrogen and oxygen atoms in total. The van der Waals surface area contributed by atoms with Crippen molar-refractivity contribution < 1.29 is 4.79 Å². The molecule has 4 rings (SSSR count). The van der Waals surface area contributed by atoms with Gasteiger partial charge in [0, 0.05) is 29.9 Å². The van der Waals surface area contributed by atoms with Gasteiger partial charge in [-0.2, -0.15) is 4.98 Å². The number of nitrogens with one attached hydrogen (secondary N) is 2. The summed E-state index contributed by atoms with van der Waals surface area (Å²) in [6, 6.07) is 21.3. The molecule has 2 heterocycles. The number of pyridine rings is 1. The first-order valence-electron chi connectivity index (χ1n) is 9.42. The van der Waals surface area contributed by atoms with Crippen molar-refractivity contribution >= 4 is 23.2 Å². The maximum atomic E-state index is 12.0. The predicted octanol–water partition coefficient (Wildman–Crippen LogP) is 3.14. The van der Waals surface area contributed by atoms with Crippen LogP contribution in [0, 0.1) is 6.92 Å². The van der Waals surface area contributed by atoms with E-state index < -0.39 is 0 Å². The topological polar surface area (TPSA) is 97.3 Å². The molecule has 0 saturated carbocycles. The quantitative estimate of drug-likeness (QED) is 0.473. The second kappa shape index (κ2) is 8.12. The van der Waals surface area contributed by atoms with Crippen molar-refractivity contribution in [2.75, 3.05) is 18.4 Å². The van der Waals surface area contributed by atoms with Crippen LogP contribution in [-0.4, -0.2) is 33.6 Å². The van der Waals surface area contributed by atoms with Gasteiger partial charge in [-0.15, -0.1) is 5.10 Å². The van der Waals surface area contributed by atoms with E-state index in [0.717, 1.165) is 22.6 Å². The third-order valence-corrected chi connectivity index (χ3v) is 4.51. The summed E-state index contributed by atoms with van der Waals surface area (Å²) >= 11 is 0. The van der Waals surface area contributed by atoms with E-state index in [2.05, 4.69) is 45.8 Å². The second-order valence-corrected chi connectivity index (χ2v) is 6.73. The molecule has 1 amide bonds. The average Bonchev–Trinajstić information content (AvgIpc) is 3.15. The number of aryl methyl sites for hydroxylation is 1. The number of aromatic nitrogens is 3. The summed E-state index contributed by atoms with van der Waals surface area (Å²) in [5.41, 5.74) is 10.8. The molecule has 29 heavy (non-hydrogen) atoms. The van der Waals surface area contributed by atoms with Gasteiger partial charge in [-0.1, -0.05) is 29.8 Å². The van der Waals surface area contributed by atoms with Crippen molar-refractivity contribution in [3.8, 4) is 11.3 Å². The molecule has 0 atom stereocenters. The van der Waals surface area contributed by atoms with Crippen molar-refractivity contribution in [3.63, 3.8) is 0 Å². The Kier molecular flexibility index (Phi) is 5.22. The number of fused-ring (bicyclic) bond motifs is 1. The highest BCUT2D eigenvalue weighted by Crippen LogP contribution is 2.23. The SMILES string of the molecule is Cc1cccc(-c2cccc3nc(Nc4ccc(C(=O)NCCN)cc4)nn23)c1. The number of hydrogen-bond acceptors (Lipinski definition) is 5. The molecule has 2 aromatic heterocycles. The van der Waals surface area contributed by atoms with Crippen LogP contribution in [0.5, 0.6) is 0 Å². The number of amides is 1. The number of rotatable bonds is 6. The largest absolute Gasteiger partial charge is 0.351 e. The fraction of sp³-hybridized carbons (Fsp3) is 0.136. The summed E-state index contributed by atoms with van der Waals surface area (Å²) in [4.78, 5) is 16.5. The Morgan fingerprint density at radius 3 is 2.62 bits per heavy atom. The van der Waals surface area contributed by atoms with Gasteiger partial charge >= 0.3 is 0 Å². The number of carbonyl (C=O) groups excluding carboxylic acids is 1. The van der Waals surface area contributed by atoms with Gasteiger partial charge < -0.3 is 16.4 Å². The molecule has 0 aliphatic heterocycles. The zero-order valence-corrected chi connectivity index (χ0v) is 16.1. The summed E-state index contributed by atoms with van der Waals surface area (Å²) in [6.07, 6.45) is 0. The van der Waals surface area contributed by atoms with Gasteiger partial charge in [0.05, 0.1) is 5.69 Å². The van der Waals surface area contributed by atoms with Crippen LogP contribution >= 0.6 is 0 Å². The molecule has 0 unspecified atom stereocenters. The van der Waals surface area contributed by atoms with Crippen LogP contribution in [0.25, 0.3) is 16.9 Å². The molecule has 0 spiro atoms. The van der Waals surface area contributed by atoms with Crippen LogP contribution in [0.1, 0.15) is 15.9 Å². The van der Waals surface area contributed by atoms with E-state index in [1.165, 1.54) is 5.56 Å². The van der Waals surface area contributed by atoms with Crippen LogP contribution in [-0.2, 0) is 0 Å². The molecule has 0 aliphatic carbocycles. The van der Waals surface area contributed by atoms with Crippen molar-refractivity contribution in [2.24, 2.45) is 5.73 Å². The fourth-order valence-corrected chi connectivity index (χ4v) is 3.10. The van der Waals surface area contributed by atoms with Crippen molar-refractivity contribution in [1.29, 1.82) is 0 Å². The number of anilines is 2. The maximum Gasteiger partial charge on any atom is 0.251 e. The van der Waals surface area contributed by atoms with E-state index in [1.807, 2.05) is 40.9 Å². The fourth-order valence-electron chi connectivity index (χ4n) is 3.10. The van der Waals surface area contributed by atoms with Gasteiger partial charge in [0.15, 0.2) is 5.65 Å². The molecule has 0 fully saturated rings. The molecule has 4 N–H and O–H groups in total. The Bertz CT molecular complexity index is 1150. The average molecular weight is 386 g/mol. The molecule has 0 saturated heterocycles. The molecule has 0 radical (unpaired) electrons. The van der Waals surface area contributed by atoms with Crippen LogP contribution in [0.3, 0.4) is 0 Å². The Morgan fingerprint density at radius 1 is 1.07 bits per heavy atom. The number of hydrogen-bond donors (Lipinski definition) is 3. The highest BCUT2D eigenvalue weighted by atomic mass is 16.1. The summed E-state index contributed by atoms with van der Waals surface area (Å²) < 4.78 is 1.83. The highest BCUT2D eigenvalue weighted by Gasteiger charge is 2.10. The normalized spacial score (nSPS) is 10.8. The minimum absolute atomic E-state index is 0.143. The number of nitrogens with two attached hydrogens (primary N) is 1. The molecule has 0 bridgehead atoms. The summed E-state index contributed by atoms with van der Waals surface area (Å²) in [5.74, 6) is 0.348. The van der Waals surface area contributed by atoms with Gasteiger partial charge in [0.25, 0.3) is 5.91 Å². The van der Waals surface area contributed by atoms with Gasteiger partial charge in [-0.3, -0.25) is 4.79 Å². The van der Waals surface area contributed by atoms with Gasteiger partial charge in [-0.05, 0) is 49.4 Å². The third-order valence-electron chi connectivity index (χ3n) is 4.51. The third kappa shape index (κ3) is 4.09. The Morgan fingerprint density at radius 2 is 1.86 bits per heavy atom. The predicted molar refractivity (Wildman–Crippen MR) is 114 cm³/mol. The zero-order valence-electron chi connectivity index (χ0n) is 16.1. The lowest BCUT2D eigenvalue weighted by molar-refractivity contribution is 0.0955. The lowest BCUT2D eigenvalue weighted by Crippen LogP contribution is -2.28. The lowest BCUT2D eigenvalue weighted by Gasteiger charge is -2.06. The van der Waals surface area contributed by atoms with Crippen LogP contribution in [0.2, 0.25) is 0 Å². The van der Waals surface area contributed by atoms with Crippen LogP contribution in [0.15, 0.2) is 66.7 Å². The molecule has 2 aromatic carbocycles. The lowest BCUT2D eigenvalue weighted by atomic mass is 10.1. The van der Waals surface area contributed by atoms with E-state index in [0.29, 0.717) is 24.6 Å². The molecule has 4 aromatic rings. The van der Waals surface area contributed by atoms with Crippen molar-refractivity contribution in [2.45, 2.75) is 6.92 Å². The van der Waals surface area contributed by atoms with Crippen LogP contribution < -0.4 is 16.4 Å². The number of benzene rings is 2. The molecule has 146 valence electrons. The van der Waals surface area contributed by atoms with E-state index in [1.54, 1.807) is 12.1 Å². The maximum absolute atomic E-state index is 12.0. The van der Waals surface area contributed by atoms with E-state index in [9.17, 15) is 4.79 Å². The number of nitrogens with zero attached hydrogens (tertiary/aromatic N) is 3. The van der Waals surface area contributed by atoms with Crippen LogP contribution in [0.4, 0.5) is 11.6 Å². The summed E-state index contributed by atoms with van der Waals surface area (Å²) in [6.45, 7) is 2.93. The van der Waals surface area contributed by atoms with E-state index in [-0.39, 0.29) is 5.91 Å². The minimum Gasteiger partial charge on any atom is -0.351 e. The Hall–Kier alpha value is -3.71.